The number of nitrogens with two attached hydrogens (primary N) is 1. The molecule has 2 fully saturated rings. The highest BCUT2D eigenvalue weighted by atomic mass is 16.5. The Balaban J connectivity index is 2.03. The van der Waals surface area contributed by atoms with Gasteiger partial charge >= 0.3 is 0 Å². The highest BCUT2D eigenvalue weighted by Gasteiger charge is 2.41. The Bertz CT molecular complexity index is 310. The van der Waals surface area contributed by atoms with E-state index in [1.165, 1.54) is 12.8 Å². The average Bonchev–Trinajstić information content (AvgIpc) is 2.73. The van der Waals surface area contributed by atoms with Crippen molar-refractivity contribution in [2.24, 2.45) is 11.1 Å². The maximum Gasteiger partial charge on any atom is 0.230 e. The van der Waals surface area contributed by atoms with Gasteiger partial charge in [-0.15, -0.1) is 0 Å². The summed E-state index contributed by atoms with van der Waals surface area (Å²) in [5.41, 5.74) is 5.74. The molecular weight excluding hydrogens is 252 g/mol. The standard InChI is InChI=1S/C16H30N2O2/c1-2-20-14-8-7-11-18(12-14)15(19)16(13-17)9-5-3-4-6-10-16/h14H,2-13,17H2,1H3. The van der Waals surface area contributed by atoms with Gasteiger partial charge in [0.05, 0.1) is 11.5 Å². The van der Waals surface area contributed by atoms with Crippen LogP contribution in [0.5, 0.6) is 0 Å². The van der Waals surface area contributed by atoms with E-state index in [-0.39, 0.29) is 11.5 Å². The second-order valence-electron chi connectivity index (χ2n) is 6.37. The highest BCUT2D eigenvalue weighted by Crippen LogP contribution is 2.36. The van der Waals surface area contributed by atoms with Gasteiger partial charge in [-0.25, -0.2) is 0 Å². The minimum Gasteiger partial charge on any atom is -0.377 e. The molecular formula is C16H30N2O2. The van der Waals surface area contributed by atoms with Gasteiger partial charge in [0, 0.05) is 26.2 Å². The van der Waals surface area contributed by atoms with E-state index in [0.717, 1.165) is 58.2 Å². The fraction of sp³-hybridized carbons (Fsp3) is 0.938. The van der Waals surface area contributed by atoms with Gasteiger partial charge in [0.15, 0.2) is 0 Å². The molecule has 0 radical (unpaired) electrons. The third-order valence-corrected chi connectivity index (χ3v) is 4.97. The number of rotatable bonds is 4. The van der Waals surface area contributed by atoms with Gasteiger partial charge in [-0.1, -0.05) is 25.7 Å². The number of hydrogen-bond acceptors (Lipinski definition) is 3. The molecule has 1 aliphatic heterocycles. The van der Waals surface area contributed by atoms with E-state index in [2.05, 4.69) is 0 Å². The number of carbonyl (C=O) groups excluding carboxylic acids is 1. The molecule has 4 heteroatoms. The Hall–Kier alpha value is -0.610. The number of ether oxygens (including phenoxy) is 1. The van der Waals surface area contributed by atoms with Gasteiger partial charge in [-0.2, -0.15) is 0 Å². The van der Waals surface area contributed by atoms with E-state index < -0.39 is 0 Å². The maximum absolute atomic E-state index is 13.0. The summed E-state index contributed by atoms with van der Waals surface area (Å²) >= 11 is 0. The Labute approximate surface area is 123 Å². The van der Waals surface area contributed by atoms with Crippen molar-refractivity contribution in [3.8, 4) is 0 Å². The molecule has 0 aromatic heterocycles. The minimum absolute atomic E-state index is 0.221. The molecule has 0 aromatic carbocycles. The van der Waals surface area contributed by atoms with Crippen LogP contribution in [0.4, 0.5) is 0 Å². The quantitative estimate of drug-likeness (QED) is 0.805. The van der Waals surface area contributed by atoms with Crippen molar-refractivity contribution < 1.29 is 9.53 Å². The third kappa shape index (κ3) is 3.53. The molecule has 116 valence electrons. The molecule has 2 N–H and O–H groups in total. The highest BCUT2D eigenvalue weighted by molar-refractivity contribution is 5.83. The Kier molecular flexibility index (Phi) is 5.85. The summed E-state index contributed by atoms with van der Waals surface area (Å²) in [6.07, 6.45) is 9.07. The Morgan fingerprint density at radius 1 is 1.25 bits per heavy atom. The van der Waals surface area contributed by atoms with E-state index in [1.807, 2.05) is 11.8 Å². The van der Waals surface area contributed by atoms with Gasteiger partial charge in [0.1, 0.15) is 0 Å². The summed E-state index contributed by atoms with van der Waals surface area (Å²) in [6.45, 7) is 4.89. The predicted octanol–water partition coefficient (Wildman–Crippen LogP) is 2.31. The fourth-order valence-corrected chi connectivity index (χ4v) is 3.74. The molecule has 1 heterocycles. The van der Waals surface area contributed by atoms with E-state index >= 15 is 0 Å². The molecule has 1 atom stereocenters. The summed E-state index contributed by atoms with van der Waals surface area (Å²) < 4.78 is 5.72. The van der Waals surface area contributed by atoms with Crippen LogP contribution in [0, 0.1) is 5.41 Å². The number of likely N-dealkylation sites (tertiary alicyclic amines) is 1. The molecule has 1 unspecified atom stereocenters. The first kappa shape index (κ1) is 15.8. The van der Waals surface area contributed by atoms with Gasteiger partial charge in [0.2, 0.25) is 5.91 Å². The van der Waals surface area contributed by atoms with Crippen LogP contribution in [0.2, 0.25) is 0 Å². The van der Waals surface area contributed by atoms with Gasteiger partial charge in [-0.3, -0.25) is 4.79 Å². The topological polar surface area (TPSA) is 55.6 Å². The van der Waals surface area contributed by atoms with E-state index in [4.69, 9.17) is 10.5 Å². The number of amides is 1. The van der Waals surface area contributed by atoms with Gasteiger partial charge in [-0.05, 0) is 32.6 Å². The summed E-state index contributed by atoms with van der Waals surface area (Å²) in [4.78, 5) is 15.0. The second kappa shape index (κ2) is 7.41. The first-order valence-corrected chi connectivity index (χ1v) is 8.33. The summed E-state index contributed by atoms with van der Waals surface area (Å²) in [5.74, 6) is 0.298. The molecule has 4 nitrogen and oxygen atoms in total. The van der Waals surface area contributed by atoms with Crippen molar-refractivity contribution in [1.82, 2.24) is 4.90 Å². The zero-order valence-corrected chi connectivity index (χ0v) is 12.9. The Morgan fingerprint density at radius 3 is 2.55 bits per heavy atom. The lowest BCUT2D eigenvalue weighted by atomic mass is 9.78. The molecule has 2 aliphatic rings. The minimum atomic E-state index is -0.287. The summed E-state index contributed by atoms with van der Waals surface area (Å²) in [6, 6.07) is 0. The van der Waals surface area contributed by atoms with Crippen molar-refractivity contribution in [2.75, 3.05) is 26.2 Å². The molecule has 20 heavy (non-hydrogen) atoms. The largest absolute Gasteiger partial charge is 0.377 e. The van der Waals surface area contributed by atoms with Crippen LogP contribution in [0.15, 0.2) is 0 Å². The molecule has 0 aromatic rings. The predicted molar refractivity (Wildman–Crippen MR) is 80.4 cm³/mol. The number of piperidine rings is 1. The smallest absolute Gasteiger partial charge is 0.230 e. The molecule has 1 aliphatic carbocycles. The average molecular weight is 282 g/mol. The Morgan fingerprint density at radius 2 is 1.95 bits per heavy atom. The van der Waals surface area contributed by atoms with Crippen molar-refractivity contribution in [1.29, 1.82) is 0 Å². The fourth-order valence-electron chi connectivity index (χ4n) is 3.74. The number of nitrogens with zero attached hydrogens (tertiary/aromatic N) is 1. The first-order chi connectivity index (χ1) is 9.72. The van der Waals surface area contributed by atoms with Gasteiger partial charge in [0.25, 0.3) is 0 Å². The molecule has 0 spiro atoms. The molecule has 1 amide bonds. The first-order valence-electron chi connectivity index (χ1n) is 8.33. The van der Waals surface area contributed by atoms with Crippen LogP contribution >= 0.6 is 0 Å². The van der Waals surface area contributed by atoms with Crippen LogP contribution in [-0.2, 0) is 9.53 Å². The van der Waals surface area contributed by atoms with Crippen molar-refractivity contribution in [2.45, 2.75) is 64.4 Å². The number of carbonyl (C=O) groups is 1. The van der Waals surface area contributed by atoms with Crippen molar-refractivity contribution in [3.63, 3.8) is 0 Å². The zero-order chi connectivity index (χ0) is 14.4. The summed E-state index contributed by atoms with van der Waals surface area (Å²) in [7, 11) is 0. The van der Waals surface area contributed by atoms with Crippen LogP contribution in [0.3, 0.4) is 0 Å². The lowest BCUT2D eigenvalue weighted by Crippen LogP contribution is -2.52. The molecule has 1 saturated carbocycles. The van der Waals surface area contributed by atoms with Crippen LogP contribution < -0.4 is 5.73 Å². The molecule has 0 bridgehead atoms. The normalized spacial score (nSPS) is 27.1. The third-order valence-electron chi connectivity index (χ3n) is 4.97. The SMILES string of the molecule is CCOC1CCCN(C(=O)C2(CN)CCCCCC2)C1. The van der Waals surface area contributed by atoms with E-state index in [0.29, 0.717) is 12.5 Å². The lowest BCUT2D eigenvalue weighted by Gasteiger charge is -2.40. The van der Waals surface area contributed by atoms with Crippen molar-refractivity contribution in [3.05, 3.63) is 0 Å². The van der Waals surface area contributed by atoms with Crippen LogP contribution in [0.1, 0.15) is 58.3 Å². The molecule has 2 rings (SSSR count). The lowest BCUT2D eigenvalue weighted by molar-refractivity contribution is -0.146. The van der Waals surface area contributed by atoms with Crippen LogP contribution in [0.25, 0.3) is 0 Å². The number of hydrogen-bond donors (Lipinski definition) is 1. The van der Waals surface area contributed by atoms with Crippen LogP contribution in [-0.4, -0.2) is 43.2 Å². The molecule has 1 saturated heterocycles. The zero-order valence-electron chi connectivity index (χ0n) is 12.9. The van der Waals surface area contributed by atoms with E-state index in [9.17, 15) is 4.79 Å². The summed E-state index contributed by atoms with van der Waals surface area (Å²) in [5, 5.41) is 0. The van der Waals surface area contributed by atoms with Crippen molar-refractivity contribution >= 4 is 5.91 Å². The second-order valence-corrected chi connectivity index (χ2v) is 6.37. The monoisotopic (exact) mass is 282 g/mol. The maximum atomic E-state index is 13.0. The van der Waals surface area contributed by atoms with E-state index in [1.54, 1.807) is 0 Å². The van der Waals surface area contributed by atoms with Gasteiger partial charge < -0.3 is 15.4 Å².